The minimum absolute atomic E-state index is 0.157. The largest absolute Gasteiger partial charge is 0.353 e. The Bertz CT molecular complexity index is 1020. The lowest BCUT2D eigenvalue weighted by molar-refractivity contribution is 0.208. The molecule has 0 bridgehead atoms. The van der Waals surface area contributed by atoms with Gasteiger partial charge in [0.15, 0.2) is 0 Å². The van der Waals surface area contributed by atoms with Gasteiger partial charge in [0.1, 0.15) is 18.0 Å². The Morgan fingerprint density at radius 3 is 2.55 bits per heavy atom. The highest BCUT2D eigenvalue weighted by Crippen LogP contribution is 2.22. The summed E-state index contributed by atoms with van der Waals surface area (Å²) in [5.41, 5.74) is 2.03. The summed E-state index contributed by atoms with van der Waals surface area (Å²) >= 11 is 5.96. The molecular formula is C21H19ClFN5O. The zero-order valence-electron chi connectivity index (χ0n) is 15.6. The van der Waals surface area contributed by atoms with Crippen LogP contribution in [0, 0.1) is 5.82 Å². The fourth-order valence-corrected chi connectivity index (χ4v) is 3.42. The number of urea groups is 1. The number of benzene rings is 2. The van der Waals surface area contributed by atoms with Gasteiger partial charge in [0, 0.05) is 48.5 Å². The van der Waals surface area contributed by atoms with Gasteiger partial charge in [-0.3, -0.25) is 0 Å². The zero-order valence-corrected chi connectivity index (χ0v) is 16.3. The summed E-state index contributed by atoms with van der Waals surface area (Å²) in [5.74, 6) is 0.455. The Morgan fingerprint density at radius 2 is 1.79 bits per heavy atom. The molecule has 2 amide bonds. The SMILES string of the molecule is O=C(Nc1cccc(Cl)c1)N1CCN(c2cc(-c3cccc(F)c3)ncn2)CC1. The van der Waals surface area contributed by atoms with Gasteiger partial charge in [-0.25, -0.2) is 19.2 Å². The number of piperazine rings is 1. The third kappa shape index (κ3) is 4.63. The molecule has 29 heavy (non-hydrogen) atoms. The van der Waals surface area contributed by atoms with E-state index in [0.29, 0.717) is 48.1 Å². The molecule has 1 saturated heterocycles. The van der Waals surface area contributed by atoms with Crippen molar-refractivity contribution < 1.29 is 9.18 Å². The van der Waals surface area contributed by atoms with Crippen molar-refractivity contribution in [3.63, 3.8) is 0 Å². The summed E-state index contributed by atoms with van der Waals surface area (Å²) in [6, 6.07) is 15.1. The lowest BCUT2D eigenvalue weighted by Gasteiger charge is -2.35. The summed E-state index contributed by atoms with van der Waals surface area (Å²) in [6.07, 6.45) is 1.48. The topological polar surface area (TPSA) is 61.4 Å². The Balaban J connectivity index is 1.39. The smallest absolute Gasteiger partial charge is 0.321 e. The maximum Gasteiger partial charge on any atom is 0.321 e. The molecule has 4 rings (SSSR count). The van der Waals surface area contributed by atoms with E-state index in [4.69, 9.17) is 11.6 Å². The van der Waals surface area contributed by atoms with Crippen LogP contribution < -0.4 is 10.2 Å². The molecule has 1 aliphatic heterocycles. The van der Waals surface area contributed by atoms with Crippen LogP contribution in [0.2, 0.25) is 5.02 Å². The maximum absolute atomic E-state index is 13.5. The van der Waals surface area contributed by atoms with Crippen LogP contribution in [-0.4, -0.2) is 47.1 Å². The second kappa shape index (κ2) is 8.45. The fraction of sp³-hybridized carbons (Fsp3) is 0.190. The number of hydrogen-bond donors (Lipinski definition) is 1. The van der Waals surface area contributed by atoms with E-state index in [-0.39, 0.29) is 11.8 Å². The number of aromatic nitrogens is 2. The number of amides is 2. The van der Waals surface area contributed by atoms with Crippen LogP contribution in [0.1, 0.15) is 0 Å². The summed E-state index contributed by atoms with van der Waals surface area (Å²) in [7, 11) is 0. The Morgan fingerprint density at radius 1 is 1.00 bits per heavy atom. The van der Waals surface area contributed by atoms with Crippen LogP contribution in [0.3, 0.4) is 0 Å². The first-order valence-electron chi connectivity index (χ1n) is 9.23. The Labute approximate surface area is 173 Å². The summed E-state index contributed by atoms with van der Waals surface area (Å²) < 4.78 is 13.5. The maximum atomic E-state index is 13.5. The predicted octanol–water partition coefficient (Wildman–Crippen LogP) is 4.29. The number of nitrogens with zero attached hydrogens (tertiary/aromatic N) is 4. The van der Waals surface area contributed by atoms with Crippen LogP contribution in [0.5, 0.6) is 0 Å². The van der Waals surface area contributed by atoms with Gasteiger partial charge in [0.25, 0.3) is 0 Å². The molecule has 0 aliphatic carbocycles. The number of halogens is 2. The second-order valence-corrected chi connectivity index (χ2v) is 7.12. The highest BCUT2D eigenvalue weighted by Gasteiger charge is 2.22. The fourth-order valence-electron chi connectivity index (χ4n) is 3.23. The van der Waals surface area contributed by atoms with Crippen molar-refractivity contribution in [3.05, 3.63) is 71.8 Å². The van der Waals surface area contributed by atoms with E-state index in [0.717, 1.165) is 5.82 Å². The van der Waals surface area contributed by atoms with Crippen molar-refractivity contribution in [2.24, 2.45) is 0 Å². The molecule has 2 heterocycles. The highest BCUT2D eigenvalue weighted by atomic mass is 35.5. The van der Waals surface area contributed by atoms with Crippen molar-refractivity contribution in [3.8, 4) is 11.3 Å². The highest BCUT2D eigenvalue weighted by molar-refractivity contribution is 6.30. The zero-order chi connectivity index (χ0) is 20.2. The molecule has 1 fully saturated rings. The average Bonchev–Trinajstić information content (AvgIpc) is 2.74. The quantitative estimate of drug-likeness (QED) is 0.698. The van der Waals surface area contributed by atoms with Crippen LogP contribution in [0.15, 0.2) is 60.9 Å². The van der Waals surface area contributed by atoms with E-state index >= 15 is 0 Å². The van der Waals surface area contributed by atoms with Gasteiger partial charge in [0.05, 0.1) is 5.69 Å². The molecule has 1 aromatic heterocycles. The number of carbonyl (C=O) groups is 1. The normalized spacial score (nSPS) is 14.0. The minimum atomic E-state index is -0.304. The van der Waals surface area contributed by atoms with Gasteiger partial charge in [-0.1, -0.05) is 29.8 Å². The first-order chi connectivity index (χ1) is 14.1. The molecule has 1 N–H and O–H groups in total. The third-order valence-electron chi connectivity index (χ3n) is 4.74. The molecule has 0 unspecified atom stereocenters. The van der Waals surface area contributed by atoms with Gasteiger partial charge in [-0.2, -0.15) is 0 Å². The van der Waals surface area contributed by atoms with Crippen molar-refractivity contribution in [2.45, 2.75) is 0 Å². The molecule has 0 radical (unpaired) electrons. The van der Waals surface area contributed by atoms with Gasteiger partial charge < -0.3 is 15.1 Å². The van der Waals surface area contributed by atoms with Gasteiger partial charge in [-0.05, 0) is 30.3 Å². The van der Waals surface area contributed by atoms with Crippen LogP contribution in [-0.2, 0) is 0 Å². The van der Waals surface area contributed by atoms with E-state index < -0.39 is 0 Å². The average molecular weight is 412 g/mol. The summed E-state index contributed by atoms with van der Waals surface area (Å²) in [4.78, 5) is 24.9. The molecule has 1 aliphatic rings. The van der Waals surface area contributed by atoms with Gasteiger partial charge in [0.2, 0.25) is 0 Å². The van der Waals surface area contributed by atoms with Gasteiger partial charge in [-0.15, -0.1) is 0 Å². The van der Waals surface area contributed by atoms with E-state index in [1.807, 2.05) is 12.1 Å². The molecule has 0 spiro atoms. The van der Waals surface area contributed by atoms with E-state index in [1.54, 1.807) is 35.2 Å². The number of nitrogens with one attached hydrogen (secondary N) is 1. The molecule has 8 heteroatoms. The van der Waals surface area contributed by atoms with Crippen LogP contribution in [0.25, 0.3) is 11.3 Å². The number of rotatable bonds is 3. The lowest BCUT2D eigenvalue weighted by atomic mass is 10.1. The van der Waals surface area contributed by atoms with Crippen molar-refractivity contribution >= 4 is 29.1 Å². The molecular weight excluding hydrogens is 393 g/mol. The third-order valence-corrected chi connectivity index (χ3v) is 4.97. The minimum Gasteiger partial charge on any atom is -0.353 e. The number of anilines is 2. The standard InChI is InChI=1S/C21H19ClFN5O/c22-16-4-2-6-18(12-16)26-21(29)28-9-7-27(8-10-28)20-13-19(24-14-25-20)15-3-1-5-17(23)11-15/h1-6,11-14H,7-10H2,(H,26,29). The van der Waals surface area contributed by atoms with Gasteiger partial charge >= 0.3 is 6.03 Å². The molecule has 2 aromatic carbocycles. The molecule has 0 atom stereocenters. The lowest BCUT2D eigenvalue weighted by Crippen LogP contribution is -2.50. The second-order valence-electron chi connectivity index (χ2n) is 6.69. The molecule has 6 nitrogen and oxygen atoms in total. The number of carbonyl (C=O) groups excluding carboxylic acids is 1. The van der Waals surface area contributed by atoms with Crippen LogP contribution in [0.4, 0.5) is 20.7 Å². The van der Waals surface area contributed by atoms with Crippen LogP contribution >= 0.6 is 11.6 Å². The summed E-state index contributed by atoms with van der Waals surface area (Å²) in [5, 5.41) is 3.44. The van der Waals surface area contributed by atoms with Crippen molar-refractivity contribution in [1.29, 1.82) is 0 Å². The van der Waals surface area contributed by atoms with Crippen molar-refractivity contribution in [2.75, 3.05) is 36.4 Å². The van der Waals surface area contributed by atoms with E-state index in [2.05, 4.69) is 20.2 Å². The Kier molecular flexibility index (Phi) is 5.57. The first kappa shape index (κ1) is 19.1. The summed E-state index contributed by atoms with van der Waals surface area (Å²) in [6.45, 7) is 2.41. The Hall–Kier alpha value is -3.19. The molecule has 3 aromatic rings. The van der Waals surface area contributed by atoms with Crippen molar-refractivity contribution in [1.82, 2.24) is 14.9 Å². The number of hydrogen-bond acceptors (Lipinski definition) is 4. The first-order valence-corrected chi connectivity index (χ1v) is 9.61. The van der Waals surface area contributed by atoms with E-state index in [9.17, 15) is 9.18 Å². The monoisotopic (exact) mass is 411 g/mol. The predicted molar refractivity (Wildman–Crippen MR) is 112 cm³/mol. The molecule has 0 saturated carbocycles. The molecule has 148 valence electrons. The van der Waals surface area contributed by atoms with E-state index in [1.165, 1.54) is 18.5 Å².